The first kappa shape index (κ1) is 12.6. The zero-order chi connectivity index (χ0) is 13.3. The highest BCUT2D eigenvalue weighted by Gasteiger charge is 2.17. The SMILES string of the molecule is CCc1nn(C)c(CC)c1-c1ccc(F)cc1N. The number of hydrogen-bond donors (Lipinski definition) is 1. The average molecular weight is 247 g/mol. The molecule has 0 atom stereocenters. The number of halogens is 1. The first-order valence-corrected chi connectivity index (χ1v) is 6.18. The Labute approximate surface area is 106 Å². The summed E-state index contributed by atoms with van der Waals surface area (Å²) in [7, 11) is 1.93. The lowest BCUT2D eigenvalue weighted by Gasteiger charge is -2.08. The van der Waals surface area contributed by atoms with Crippen LogP contribution in [0.5, 0.6) is 0 Å². The normalized spacial score (nSPS) is 10.9. The maximum Gasteiger partial charge on any atom is 0.125 e. The van der Waals surface area contributed by atoms with Gasteiger partial charge in [-0.25, -0.2) is 4.39 Å². The maximum atomic E-state index is 13.1. The molecule has 1 aromatic heterocycles. The Balaban J connectivity index is 2.69. The molecule has 0 bridgehead atoms. The second kappa shape index (κ2) is 4.80. The van der Waals surface area contributed by atoms with Gasteiger partial charge in [-0.05, 0) is 31.0 Å². The first-order chi connectivity index (χ1) is 8.58. The highest BCUT2D eigenvalue weighted by molar-refractivity contribution is 5.79. The summed E-state index contributed by atoms with van der Waals surface area (Å²) in [5.41, 5.74) is 10.5. The molecule has 1 heterocycles. The second-order valence-electron chi connectivity index (χ2n) is 4.33. The molecule has 1 aromatic carbocycles. The molecule has 0 radical (unpaired) electrons. The van der Waals surface area contributed by atoms with Crippen LogP contribution in [0.2, 0.25) is 0 Å². The second-order valence-corrected chi connectivity index (χ2v) is 4.33. The quantitative estimate of drug-likeness (QED) is 0.847. The third-order valence-electron chi connectivity index (χ3n) is 3.19. The van der Waals surface area contributed by atoms with Gasteiger partial charge in [0.15, 0.2) is 0 Å². The lowest BCUT2D eigenvalue weighted by atomic mass is 9.99. The van der Waals surface area contributed by atoms with Crippen LogP contribution in [-0.4, -0.2) is 9.78 Å². The van der Waals surface area contributed by atoms with Crippen LogP contribution in [0.4, 0.5) is 10.1 Å². The van der Waals surface area contributed by atoms with Crippen LogP contribution < -0.4 is 5.73 Å². The van der Waals surface area contributed by atoms with Gasteiger partial charge in [0.1, 0.15) is 5.82 Å². The van der Waals surface area contributed by atoms with Crippen molar-refractivity contribution < 1.29 is 4.39 Å². The van der Waals surface area contributed by atoms with E-state index in [1.165, 1.54) is 12.1 Å². The molecule has 0 saturated carbocycles. The molecule has 2 rings (SSSR count). The standard InChI is InChI=1S/C14H18FN3/c1-4-12-14(13(5-2)18(3)17-12)10-7-6-9(15)8-11(10)16/h6-8H,4-5,16H2,1-3H3. The van der Waals surface area contributed by atoms with Crippen molar-refractivity contribution in [1.82, 2.24) is 9.78 Å². The lowest BCUT2D eigenvalue weighted by Crippen LogP contribution is -1.98. The number of nitrogens with zero attached hydrogens (tertiary/aromatic N) is 2. The van der Waals surface area contributed by atoms with Crippen LogP contribution in [0.3, 0.4) is 0 Å². The van der Waals surface area contributed by atoms with Crippen molar-refractivity contribution in [3.05, 3.63) is 35.4 Å². The van der Waals surface area contributed by atoms with E-state index in [4.69, 9.17) is 5.73 Å². The van der Waals surface area contributed by atoms with Gasteiger partial charge in [0.05, 0.1) is 5.69 Å². The summed E-state index contributed by atoms with van der Waals surface area (Å²) >= 11 is 0. The molecule has 0 aliphatic rings. The molecule has 0 amide bonds. The molecule has 0 unspecified atom stereocenters. The van der Waals surface area contributed by atoms with Gasteiger partial charge < -0.3 is 5.73 Å². The minimum absolute atomic E-state index is 0.309. The van der Waals surface area contributed by atoms with Gasteiger partial charge in [0, 0.05) is 29.6 Å². The first-order valence-electron chi connectivity index (χ1n) is 6.18. The Morgan fingerprint density at radius 2 is 2.00 bits per heavy atom. The monoisotopic (exact) mass is 247 g/mol. The van der Waals surface area contributed by atoms with Gasteiger partial charge in [-0.15, -0.1) is 0 Å². The highest BCUT2D eigenvalue weighted by atomic mass is 19.1. The number of nitrogen functional groups attached to an aromatic ring is 1. The van der Waals surface area contributed by atoms with Gasteiger partial charge >= 0.3 is 0 Å². The molecule has 0 fully saturated rings. The van der Waals surface area contributed by atoms with Crippen molar-refractivity contribution in [2.75, 3.05) is 5.73 Å². The van der Waals surface area contributed by atoms with E-state index in [9.17, 15) is 4.39 Å². The fraction of sp³-hybridized carbons (Fsp3) is 0.357. The molecule has 0 saturated heterocycles. The number of anilines is 1. The van der Waals surface area contributed by atoms with Crippen LogP contribution in [0.25, 0.3) is 11.1 Å². The van der Waals surface area contributed by atoms with E-state index < -0.39 is 0 Å². The van der Waals surface area contributed by atoms with Crippen molar-refractivity contribution in [2.45, 2.75) is 26.7 Å². The third-order valence-corrected chi connectivity index (χ3v) is 3.19. The van der Waals surface area contributed by atoms with Crippen molar-refractivity contribution in [3.63, 3.8) is 0 Å². The number of aromatic nitrogens is 2. The zero-order valence-corrected chi connectivity index (χ0v) is 11.0. The van der Waals surface area contributed by atoms with Gasteiger partial charge in [-0.2, -0.15) is 5.10 Å². The number of nitrogens with two attached hydrogens (primary N) is 1. The summed E-state index contributed by atoms with van der Waals surface area (Å²) < 4.78 is 15.0. The van der Waals surface area contributed by atoms with Crippen molar-refractivity contribution in [3.8, 4) is 11.1 Å². The molecular weight excluding hydrogens is 229 g/mol. The van der Waals surface area contributed by atoms with E-state index in [2.05, 4.69) is 18.9 Å². The van der Waals surface area contributed by atoms with E-state index in [0.29, 0.717) is 5.69 Å². The fourth-order valence-electron chi connectivity index (χ4n) is 2.35. The number of rotatable bonds is 3. The molecule has 2 N–H and O–H groups in total. The smallest absolute Gasteiger partial charge is 0.125 e. The van der Waals surface area contributed by atoms with Gasteiger partial charge in [-0.3, -0.25) is 4.68 Å². The maximum absolute atomic E-state index is 13.1. The zero-order valence-electron chi connectivity index (χ0n) is 11.0. The Kier molecular flexibility index (Phi) is 3.36. The van der Waals surface area contributed by atoms with Crippen molar-refractivity contribution in [2.24, 2.45) is 7.05 Å². The van der Waals surface area contributed by atoms with Crippen LogP contribution in [-0.2, 0) is 19.9 Å². The molecule has 0 aliphatic heterocycles. The Hall–Kier alpha value is -1.84. The minimum atomic E-state index is -0.309. The molecule has 18 heavy (non-hydrogen) atoms. The third kappa shape index (κ3) is 1.98. The predicted molar refractivity (Wildman–Crippen MR) is 71.8 cm³/mol. The number of benzene rings is 1. The highest BCUT2D eigenvalue weighted by Crippen LogP contribution is 2.32. The fourth-order valence-corrected chi connectivity index (χ4v) is 2.35. The number of hydrogen-bond acceptors (Lipinski definition) is 2. The molecule has 96 valence electrons. The molecule has 0 aliphatic carbocycles. The Morgan fingerprint density at radius 1 is 1.28 bits per heavy atom. The molecular formula is C14H18FN3. The van der Waals surface area contributed by atoms with Crippen molar-refractivity contribution in [1.29, 1.82) is 0 Å². The van der Waals surface area contributed by atoms with Crippen LogP contribution in [0.15, 0.2) is 18.2 Å². The van der Waals surface area contributed by atoms with E-state index >= 15 is 0 Å². The summed E-state index contributed by atoms with van der Waals surface area (Å²) in [6.07, 6.45) is 1.70. The van der Waals surface area contributed by atoms with Crippen LogP contribution >= 0.6 is 0 Å². The van der Waals surface area contributed by atoms with Gasteiger partial charge in [-0.1, -0.05) is 13.8 Å². The Morgan fingerprint density at radius 3 is 2.56 bits per heavy atom. The van der Waals surface area contributed by atoms with Crippen LogP contribution in [0, 0.1) is 5.82 Å². The van der Waals surface area contributed by atoms with E-state index in [-0.39, 0.29) is 5.82 Å². The molecule has 2 aromatic rings. The predicted octanol–water partition coefficient (Wildman–Crippen LogP) is 2.93. The minimum Gasteiger partial charge on any atom is -0.398 e. The summed E-state index contributed by atoms with van der Waals surface area (Å²) in [5, 5.41) is 4.51. The molecule has 4 heteroatoms. The van der Waals surface area contributed by atoms with Crippen LogP contribution in [0.1, 0.15) is 25.2 Å². The lowest BCUT2D eigenvalue weighted by molar-refractivity contribution is 0.628. The summed E-state index contributed by atoms with van der Waals surface area (Å²) in [6.45, 7) is 4.14. The molecule has 0 spiro atoms. The molecule has 3 nitrogen and oxygen atoms in total. The summed E-state index contributed by atoms with van der Waals surface area (Å²) in [6, 6.07) is 4.54. The van der Waals surface area contributed by atoms with Crippen molar-refractivity contribution >= 4 is 5.69 Å². The van der Waals surface area contributed by atoms with Gasteiger partial charge in [0.25, 0.3) is 0 Å². The average Bonchev–Trinajstić information content (AvgIpc) is 2.65. The summed E-state index contributed by atoms with van der Waals surface area (Å²) in [5.74, 6) is -0.309. The van der Waals surface area contributed by atoms with Gasteiger partial charge in [0.2, 0.25) is 0 Å². The van der Waals surface area contributed by atoms with E-state index in [1.807, 2.05) is 11.7 Å². The van der Waals surface area contributed by atoms with E-state index in [0.717, 1.165) is 35.4 Å². The summed E-state index contributed by atoms with van der Waals surface area (Å²) in [4.78, 5) is 0. The van der Waals surface area contributed by atoms with E-state index in [1.54, 1.807) is 6.07 Å². The Bertz CT molecular complexity index is 573. The number of aryl methyl sites for hydroxylation is 2. The topological polar surface area (TPSA) is 43.8 Å². The largest absolute Gasteiger partial charge is 0.398 e.